The molecular weight excluding hydrogens is 320 g/mol. The Bertz CT molecular complexity index is 640. The molecular formula is C15H22N2O3S2. The molecule has 3 heterocycles. The van der Waals surface area contributed by atoms with Crippen LogP contribution in [0, 0.1) is 5.92 Å². The standard InChI is InChI=1S/C15H22N2O3S2/c1-16(2)13-10-22(19,20)14-8-17(7-12(13)14)15(18)4-3-11-5-6-21-9-11/h5-6,9,12-14H,3-4,7-8,10H2,1-2H3/t12-,13+,14-/m0/s1. The molecule has 7 heteroatoms. The average molecular weight is 342 g/mol. The minimum Gasteiger partial charge on any atom is -0.341 e. The number of likely N-dealkylation sites (tertiary alicyclic amines) is 1. The third kappa shape index (κ3) is 2.94. The van der Waals surface area contributed by atoms with Gasteiger partial charge in [-0.1, -0.05) is 0 Å². The smallest absolute Gasteiger partial charge is 0.222 e. The zero-order valence-corrected chi connectivity index (χ0v) is 14.6. The molecule has 0 spiro atoms. The van der Waals surface area contributed by atoms with Crippen LogP contribution in [0.4, 0.5) is 0 Å². The number of carbonyl (C=O) groups excluding carboxylic acids is 1. The van der Waals surface area contributed by atoms with Crippen LogP contribution in [-0.4, -0.2) is 68.4 Å². The van der Waals surface area contributed by atoms with Crippen molar-refractivity contribution in [3.63, 3.8) is 0 Å². The first-order chi connectivity index (χ1) is 10.4. The van der Waals surface area contributed by atoms with E-state index in [9.17, 15) is 13.2 Å². The van der Waals surface area contributed by atoms with Crippen LogP contribution in [-0.2, 0) is 21.1 Å². The summed E-state index contributed by atoms with van der Waals surface area (Å²) in [5.74, 6) is 0.366. The van der Waals surface area contributed by atoms with Gasteiger partial charge >= 0.3 is 0 Å². The summed E-state index contributed by atoms with van der Waals surface area (Å²) in [4.78, 5) is 16.1. The van der Waals surface area contributed by atoms with Gasteiger partial charge in [-0.3, -0.25) is 4.79 Å². The lowest BCUT2D eigenvalue weighted by molar-refractivity contribution is -0.130. The van der Waals surface area contributed by atoms with E-state index in [1.165, 1.54) is 5.56 Å². The predicted octanol–water partition coefficient (Wildman–Crippen LogP) is 0.866. The molecule has 1 amide bonds. The summed E-state index contributed by atoms with van der Waals surface area (Å²) in [5, 5.41) is 3.69. The van der Waals surface area contributed by atoms with Gasteiger partial charge in [-0.05, 0) is 42.9 Å². The SMILES string of the molecule is CN(C)[C@@H]1CS(=O)(=O)[C@H]2CN(C(=O)CCc3ccsc3)C[C@@H]12. The van der Waals surface area contributed by atoms with Gasteiger partial charge in [-0.2, -0.15) is 11.3 Å². The first kappa shape index (κ1) is 16.0. The molecule has 2 fully saturated rings. The highest BCUT2D eigenvalue weighted by atomic mass is 32.2. The van der Waals surface area contributed by atoms with Crippen LogP contribution in [0.2, 0.25) is 0 Å². The Hall–Kier alpha value is -0.920. The van der Waals surface area contributed by atoms with E-state index in [-0.39, 0.29) is 28.9 Å². The van der Waals surface area contributed by atoms with Gasteiger partial charge in [-0.25, -0.2) is 8.42 Å². The third-order valence-electron chi connectivity index (χ3n) is 4.89. The summed E-state index contributed by atoms with van der Waals surface area (Å²) < 4.78 is 24.6. The average Bonchev–Trinajstić information content (AvgIpc) is 3.14. The van der Waals surface area contributed by atoms with E-state index in [1.54, 1.807) is 16.2 Å². The zero-order chi connectivity index (χ0) is 15.9. The van der Waals surface area contributed by atoms with Crippen molar-refractivity contribution in [2.75, 3.05) is 32.9 Å². The number of nitrogens with zero attached hydrogens (tertiary/aromatic N) is 2. The quantitative estimate of drug-likeness (QED) is 0.815. The Kier molecular flexibility index (Phi) is 4.31. The molecule has 1 aromatic rings. The fourth-order valence-electron chi connectivity index (χ4n) is 3.61. The van der Waals surface area contributed by atoms with E-state index in [2.05, 4.69) is 5.38 Å². The number of hydrogen-bond donors (Lipinski definition) is 0. The topological polar surface area (TPSA) is 57.7 Å². The first-order valence-electron chi connectivity index (χ1n) is 7.55. The Labute approximate surface area is 135 Å². The van der Waals surface area contributed by atoms with Crippen molar-refractivity contribution in [1.29, 1.82) is 0 Å². The van der Waals surface area contributed by atoms with Crippen LogP contribution in [0.5, 0.6) is 0 Å². The molecule has 2 saturated heterocycles. The van der Waals surface area contributed by atoms with E-state index in [0.717, 1.165) is 6.42 Å². The number of thiophene rings is 1. The predicted molar refractivity (Wildman–Crippen MR) is 87.8 cm³/mol. The summed E-state index contributed by atoms with van der Waals surface area (Å²) in [7, 11) is 0.764. The molecule has 0 unspecified atom stereocenters. The summed E-state index contributed by atoms with van der Waals surface area (Å²) in [5.41, 5.74) is 1.18. The highest BCUT2D eigenvalue weighted by molar-refractivity contribution is 7.92. The number of amides is 1. The van der Waals surface area contributed by atoms with Gasteiger partial charge in [0.05, 0.1) is 11.0 Å². The maximum Gasteiger partial charge on any atom is 0.222 e. The molecule has 0 saturated carbocycles. The minimum atomic E-state index is -3.08. The monoisotopic (exact) mass is 342 g/mol. The molecule has 5 nitrogen and oxygen atoms in total. The number of carbonyl (C=O) groups is 1. The van der Waals surface area contributed by atoms with Gasteiger partial charge in [0, 0.05) is 31.5 Å². The van der Waals surface area contributed by atoms with Gasteiger partial charge in [0.25, 0.3) is 0 Å². The zero-order valence-electron chi connectivity index (χ0n) is 12.9. The van der Waals surface area contributed by atoms with Crippen LogP contribution in [0.25, 0.3) is 0 Å². The number of hydrogen-bond acceptors (Lipinski definition) is 5. The molecule has 0 N–H and O–H groups in total. The summed E-state index contributed by atoms with van der Waals surface area (Å²) in [6.07, 6.45) is 1.20. The summed E-state index contributed by atoms with van der Waals surface area (Å²) in [6.45, 7) is 0.953. The molecule has 2 aliphatic rings. The lowest BCUT2D eigenvalue weighted by Gasteiger charge is -2.25. The van der Waals surface area contributed by atoms with Gasteiger partial charge in [0.1, 0.15) is 0 Å². The van der Waals surface area contributed by atoms with Crippen molar-refractivity contribution in [3.05, 3.63) is 22.4 Å². The molecule has 122 valence electrons. The van der Waals surface area contributed by atoms with Crippen LogP contribution in [0.1, 0.15) is 12.0 Å². The van der Waals surface area contributed by atoms with Gasteiger partial charge in [0.2, 0.25) is 5.91 Å². The summed E-state index contributed by atoms with van der Waals surface area (Å²) >= 11 is 1.63. The first-order valence-corrected chi connectivity index (χ1v) is 10.2. The number of sulfone groups is 1. The normalized spacial score (nSPS) is 30.0. The van der Waals surface area contributed by atoms with Gasteiger partial charge in [0.15, 0.2) is 9.84 Å². The Morgan fingerprint density at radius 2 is 2.18 bits per heavy atom. The molecule has 3 atom stereocenters. The van der Waals surface area contributed by atoms with Crippen LogP contribution in [0.15, 0.2) is 16.8 Å². The maximum atomic E-state index is 12.4. The Morgan fingerprint density at radius 3 is 2.82 bits per heavy atom. The molecule has 3 rings (SSSR count). The second-order valence-electron chi connectivity index (χ2n) is 6.49. The fraction of sp³-hybridized carbons (Fsp3) is 0.667. The van der Waals surface area contributed by atoms with Crippen molar-refractivity contribution in [1.82, 2.24) is 9.80 Å². The number of fused-ring (bicyclic) bond motifs is 1. The highest BCUT2D eigenvalue weighted by Crippen LogP contribution is 2.36. The molecule has 1 aromatic heterocycles. The van der Waals surface area contributed by atoms with E-state index >= 15 is 0 Å². The molecule has 0 aliphatic carbocycles. The highest BCUT2D eigenvalue weighted by Gasteiger charge is 2.53. The van der Waals surface area contributed by atoms with Gasteiger partial charge < -0.3 is 9.80 Å². The number of aryl methyl sites for hydroxylation is 1. The van der Waals surface area contributed by atoms with Crippen LogP contribution in [0.3, 0.4) is 0 Å². The van der Waals surface area contributed by atoms with E-state index in [0.29, 0.717) is 19.5 Å². The summed E-state index contributed by atoms with van der Waals surface area (Å²) in [6, 6.07) is 2.06. The van der Waals surface area contributed by atoms with E-state index in [1.807, 2.05) is 30.4 Å². The molecule has 2 aliphatic heterocycles. The largest absolute Gasteiger partial charge is 0.341 e. The number of rotatable bonds is 4. The maximum absolute atomic E-state index is 12.4. The Morgan fingerprint density at radius 1 is 1.41 bits per heavy atom. The van der Waals surface area contributed by atoms with Crippen molar-refractivity contribution in [3.8, 4) is 0 Å². The van der Waals surface area contributed by atoms with Crippen LogP contribution < -0.4 is 0 Å². The van der Waals surface area contributed by atoms with Crippen LogP contribution >= 0.6 is 11.3 Å². The second kappa shape index (κ2) is 5.94. The molecule has 22 heavy (non-hydrogen) atoms. The van der Waals surface area contributed by atoms with Crippen molar-refractivity contribution in [2.24, 2.45) is 5.92 Å². The lowest BCUT2D eigenvalue weighted by Crippen LogP contribution is -2.38. The van der Waals surface area contributed by atoms with Crippen molar-refractivity contribution in [2.45, 2.75) is 24.1 Å². The van der Waals surface area contributed by atoms with E-state index in [4.69, 9.17) is 0 Å². The molecule has 0 bridgehead atoms. The lowest BCUT2D eigenvalue weighted by atomic mass is 10.00. The minimum absolute atomic E-state index is 0.0321. The van der Waals surface area contributed by atoms with Crippen molar-refractivity contribution < 1.29 is 13.2 Å². The van der Waals surface area contributed by atoms with Crippen molar-refractivity contribution >= 4 is 27.1 Å². The van der Waals surface area contributed by atoms with E-state index < -0.39 is 9.84 Å². The van der Waals surface area contributed by atoms with Gasteiger partial charge in [-0.15, -0.1) is 0 Å². The molecule has 0 aromatic carbocycles. The third-order valence-corrected chi connectivity index (χ3v) is 7.85. The second-order valence-corrected chi connectivity index (χ2v) is 9.54. The molecule has 0 radical (unpaired) electrons. The fourth-order valence-corrected chi connectivity index (χ4v) is 6.79. The Balaban J connectivity index is 1.65.